The molecule has 1 N–H and O–H groups in total. The van der Waals surface area contributed by atoms with Crippen LogP contribution in [0.4, 0.5) is 0 Å². The molecule has 30 heavy (non-hydrogen) atoms. The molecule has 0 spiro atoms. The van der Waals surface area contributed by atoms with Crippen LogP contribution < -0.4 is 10.4 Å². The fraction of sp³-hybridized carbons (Fsp3) is 0.435. The number of phenolic OH excluding ortho intramolecular Hbond substituents is 1. The van der Waals surface area contributed by atoms with Crippen molar-refractivity contribution in [2.75, 3.05) is 20.5 Å². The molecule has 0 unspecified atom stereocenters. The number of phenols is 1. The molecule has 0 bridgehead atoms. The van der Waals surface area contributed by atoms with Gasteiger partial charge in [-0.2, -0.15) is 0 Å². The van der Waals surface area contributed by atoms with Crippen molar-refractivity contribution in [1.82, 2.24) is 0 Å². The summed E-state index contributed by atoms with van der Waals surface area (Å²) >= 11 is 0. The second-order valence-electron chi connectivity index (χ2n) is 8.95. The van der Waals surface area contributed by atoms with Crippen LogP contribution in [0.25, 0.3) is 21.5 Å². The molecule has 2 aromatic carbocycles. The van der Waals surface area contributed by atoms with Crippen LogP contribution in [0.2, 0.25) is 18.1 Å². The number of fused-ring (bicyclic) bond motifs is 2. The minimum absolute atomic E-state index is 0.0400. The van der Waals surface area contributed by atoms with Crippen molar-refractivity contribution in [2.24, 2.45) is 0 Å². The van der Waals surface area contributed by atoms with E-state index >= 15 is 0 Å². The molecule has 7 heteroatoms. The lowest BCUT2D eigenvalue weighted by Crippen LogP contribution is -2.41. The topological polar surface area (TPSA) is 78.1 Å². The maximum atomic E-state index is 12.7. The average Bonchev–Trinajstić information content (AvgIpc) is 2.64. The molecule has 6 nitrogen and oxygen atoms in total. The Morgan fingerprint density at radius 2 is 1.83 bits per heavy atom. The van der Waals surface area contributed by atoms with Gasteiger partial charge in [0.15, 0.2) is 15.1 Å². The summed E-state index contributed by atoms with van der Waals surface area (Å²) in [4.78, 5) is 12.7. The second-order valence-corrected chi connectivity index (χ2v) is 13.8. The number of methoxy groups -OCH3 is 1. The molecular weight excluding hydrogens is 400 g/mol. The third kappa shape index (κ3) is 4.38. The Labute approximate surface area is 177 Å². The van der Waals surface area contributed by atoms with Crippen LogP contribution in [0.1, 0.15) is 26.5 Å². The molecule has 0 saturated carbocycles. The first kappa shape index (κ1) is 22.3. The van der Waals surface area contributed by atoms with Crippen LogP contribution in [0, 0.1) is 0 Å². The van der Waals surface area contributed by atoms with E-state index in [1.807, 2.05) is 18.2 Å². The number of aromatic hydroxyl groups is 1. The van der Waals surface area contributed by atoms with Gasteiger partial charge in [0.25, 0.3) is 0 Å². The van der Waals surface area contributed by atoms with Gasteiger partial charge in [-0.05, 0) is 47.1 Å². The lowest BCUT2D eigenvalue weighted by atomic mass is 10.0. The first-order valence-corrected chi connectivity index (χ1v) is 12.9. The fourth-order valence-electron chi connectivity index (χ4n) is 3.11. The Hall–Kier alpha value is -2.35. The third-order valence-electron chi connectivity index (χ3n) is 5.83. The number of benzene rings is 2. The zero-order valence-electron chi connectivity index (χ0n) is 18.5. The summed E-state index contributed by atoms with van der Waals surface area (Å²) in [5.41, 5.74) is -0.573. The van der Waals surface area contributed by atoms with E-state index in [0.29, 0.717) is 35.3 Å². The van der Waals surface area contributed by atoms with E-state index in [0.717, 1.165) is 5.39 Å². The summed E-state index contributed by atoms with van der Waals surface area (Å²) in [5, 5.41) is 12.9. The number of hydrogen-bond acceptors (Lipinski definition) is 6. The first-order chi connectivity index (χ1) is 14.0. The zero-order valence-corrected chi connectivity index (χ0v) is 19.5. The fourth-order valence-corrected chi connectivity index (χ4v) is 4.16. The molecule has 0 aliphatic rings. The van der Waals surface area contributed by atoms with E-state index in [1.165, 1.54) is 7.11 Å². The molecule has 0 fully saturated rings. The summed E-state index contributed by atoms with van der Waals surface area (Å²) in [6.45, 7) is 11.5. The van der Waals surface area contributed by atoms with Crippen molar-refractivity contribution in [1.29, 1.82) is 0 Å². The predicted molar refractivity (Wildman–Crippen MR) is 121 cm³/mol. The monoisotopic (exact) mass is 430 g/mol. The average molecular weight is 431 g/mol. The van der Waals surface area contributed by atoms with Gasteiger partial charge in [-0.15, -0.1) is 0 Å². The first-order valence-electron chi connectivity index (χ1n) is 10.0. The molecule has 0 amide bonds. The van der Waals surface area contributed by atoms with Crippen molar-refractivity contribution in [3.8, 4) is 11.5 Å². The van der Waals surface area contributed by atoms with Gasteiger partial charge in [-0.1, -0.05) is 32.9 Å². The van der Waals surface area contributed by atoms with Crippen LogP contribution in [-0.2, 0) is 15.6 Å². The van der Waals surface area contributed by atoms with Gasteiger partial charge in [0, 0.05) is 20.1 Å². The Morgan fingerprint density at radius 1 is 1.10 bits per heavy atom. The molecule has 1 aromatic heterocycles. The lowest BCUT2D eigenvalue weighted by Gasteiger charge is -2.36. The van der Waals surface area contributed by atoms with Crippen LogP contribution in [0.3, 0.4) is 0 Å². The van der Waals surface area contributed by atoms with Crippen molar-refractivity contribution in [2.45, 2.75) is 45.3 Å². The molecule has 1 heterocycles. The molecule has 3 rings (SSSR count). The third-order valence-corrected chi connectivity index (χ3v) is 10.4. The van der Waals surface area contributed by atoms with E-state index in [1.54, 1.807) is 12.1 Å². The summed E-state index contributed by atoms with van der Waals surface area (Å²) in [6.07, 6.45) is 0.494. The minimum Gasteiger partial charge on any atom is -0.506 e. The van der Waals surface area contributed by atoms with E-state index in [9.17, 15) is 9.90 Å². The van der Waals surface area contributed by atoms with E-state index < -0.39 is 13.9 Å². The molecule has 3 aromatic rings. The molecule has 0 atom stereocenters. The quantitative estimate of drug-likeness (QED) is 0.315. The predicted octanol–water partition coefficient (Wildman–Crippen LogP) is 5.20. The number of rotatable bonds is 7. The largest absolute Gasteiger partial charge is 0.506 e. The Kier molecular flexibility index (Phi) is 6.26. The van der Waals surface area contributed by atoms with Crippen molar-refractivity contribution < 1.29 is 23.4 Å². The zero-order chi connectivity index (χ0) is 22.1. The van der Waals surface area contributed by atoms with E-state index in [2.05, 4.69) is 33.9 Å². The molecular formula is C23H30O6Si. The van der Waals surface area contributed by atoms with E-state index in [4.69, 9.17) is 18.3 Å². The van der Waals surface area contributed by atoms with Gasteiger partial charge in [0.2, 0.25) is 0 Å². The second kappa shape index (κ2) is 8.41. The standard InChI is InChI=1S/C23H30O6Si/c1-23(2,3)30(5,6)28-11-10-17-13-16-12-15-8-7-9-18(27-14-26-4)19(15)21(24)20(16)22(25)29-17/h7-9,12-13,24H,10-11,14H2,1-6H3. The summed E-state index contributed by atoms with van der Waals surface area (Å²) in [6, 6.07) is 9.08. The highest BCUT2D eigenvalue weighted by atomic mass is 28.4. The lowest BCUT2D eigenvalue weighted by molar-refractivity contribution is 0.0522. The van der Waals surface area contributed by atoms with Gasteiger partial charge in [0.1, 0.15) is 22.6 Å². The van der Waals surface area contributed by atoms with Crippen molar-refractivity contribution in [3.63, 3.8) is 0 Å². The molecule has 162 valence electrons. The van der Waals surface area contributed by atoms with Crippen molar-refractivity contribution >= 4 is 29.9 Å². The molecule has 0 radical (unpaired) electrons. The highest BCUT2D eigenvalue weighted by Crippen LogP contribution is 2.39. The van der Waals surface area contributed by atoms with Gasteiger partial charge in [-0.3, -0.25) is 0 Å². The molecule has 0 saturated heterocycles. The van der Waals surface area contributed by atoms with Gasteiger partial charge in [-0.25, -0.2) is 4.79 Å². The summed E-state index contributed by atoms with van der Waals surface area (Å²) in [7, 11) is -0.353. The Balaban J connectivity index is 1.96. The van der Waals surface area contributed by atoms with Crippen LogP contribution in [0.5, 0.6) is 11.5 Å². The minimum atomic E-state index is -1.87. The molecule has 0 aliphatic heterocycles. The van der Waals surface area contributed by atoms with E-state index in [-0.39, 0.29) is 23.0 Å². The highest BCUT2D eigenvalue weighted by Gasteiger charge is 2.36. The van der Waals surface area contributed by atoms with Crippen LogP contribution in [-0.4, -0.2) is 33.9 Å². The highest BCUT2D eigenvalue weighted by molar-refractivity contribution is 6.74. The van der Waals surface area contributed by atoms with Crippen LogP contribution in [0.15, 0.2) is 39.5 Å². The normalized spacial score (nSPS) is 12.6. The smallest absolute Gasteiger partial charge is 0.347 e. The summed E-state index contributed by atoms with van der Waals surface area (Å²) < 4.78 is 22.2. The Bertz CT molecular complexity index is 1110. The SMILES string of the molecule is COCOc1cccc2cc3cc(CCO[Si](C)(C)C(C)(C)C)oc(=O)c3c(O)c12. The van der Waals surface area contributed by atoms with Gasteiger partial charge < -0.3 is 23.4 Å². The Morgan fingerprint density at radius 3 is 2.50 bits per heavy atom. The number of hydrogen-bond donors (Lipinski definition) is 1. The van der Waals surface area contributed by atoms with Crippen LogP contribution >= 0.6 is 0 Å². The molecule has 0 aliphatic carbocycles. The van der Waals surface area contributed by atoms with Gasteiger partial charge >= 0.3 is 5.63 Å². The number of ether oxygens (including phenoxy) is 2. The van der Waals surface area contributed by atoms with Crippen molar-refractivity contribution in [3.05, 3.63) is 46.5 Å². The maximum Gasteiger partial charge on any atom is 0.347 e. The van der Waals surface area contributed by atoms with Gasteiger partial charge in [0.05, 0.1) is 5.39 Å². The maximum absolute atomic E-state index is 12.7. The summed E-state index contributed by atoms with van der Waals surface area (Å²) in [5.74, 6) is 0.837.